The van der Waals surface area contributed by atoms with Crippen LogP contribution in [0.25, 0.3) is 27.8 Å². The minimum atomic E-state index is -0.540. The molecule has 0 bridgehead atoms. The highest BCUT2D eigenvalue weighted by Crippen LogP contribution is 2.40. The normalized spacial score (nSPS) is 22.1. The second kappa shape index (κ2) is 18.2. The Labute approximate surface area is 374 Å². The summed E-state index contributed by atoms with van der Waals surface area (Å²) in [6.45, 7) is 9.55. The molecule has 1 unspecified atom stereocenters. The molecule has 5 aromatic rings. The van der Waals surface area contributed by atoms with Crippen LogP contribution in [0, 0.1) is 22.6 Å². The van der Waals surface area contributed by atoms with E-state index in [1.165, 1.54) is 6.07 Å². The molecule has 3 saturated heterocycles. The molecule has 3 amide bonds. The molecule has 64 heavy (non-hydrogen) atoms. The number of halogens is 1. The van der Waals surface area contributed by atoms with Crippen LogP contribution in [-0.4, -0.2) is 86.1 Å². The summed E-state index contributed by atoms with van der Waals surface area (Å²) in [5.41, 5.74) is 6.13. The first-order valence-corrected chi connectivity index (χ1v) is 23.3. The molecule has 0 spiro atoms. The molecule has 3 N–H and O–H groups in total. The van der Waals surface area contributed by atoms with Crippen molar-refractivity contribution in [3.05, 3.63) is 90.4 Å². The number of rotatable bonds is 11. The lowest BCUT2D eigenvalue weighted by molar-refractivity contribution is -0.134. The van der Waals surface area contributed by atoms with Crippen LogP contribution in [0.5, 0.6) is 0 Å². The van der Waals surface area contributed by atoms with Crippen molar-refractivity contribution < 1.29 is 18.8 Å². The van der Waals surface area contributed by atoms with E-state index in [1.54, 1.807) is 6.20 Å². The molecular weight excluding hydrogens is 808 g/mol. The minimum Gasteiger partial charge on any atom is -0.374 e. The van der Waals surface area contributed by atoms with Crippen molar-refractivity contribution in [1.82, 2.24) is 34.7 Å². The molecule has 0 radical (unpaired) electrons. The Kier molecular flexibility index (Phi) is 12.3. The van der Waals surface area contributed by atoms with Crippen molar-refractivity contribution in [3.8, 4) is 28.3 Å². The van der Waals surface area contributed by atoms with E-state index in [2.05, 4.69) is 79.0 Å². The third-order valence-electron chi connectivity index (χ3n) is 14.6. The zero-order chi connectivity index (χ0) is 44.5. The van der Waals surface area contributed by atoms with Gasteiger partial charge in [0.25, 0.3) is 0 Å². The molecule has 4 aromatic heterocycles. The number of carbonyl (C=O) groups excluding carboxylic acids is 3. The predicted octanol–water partition coefficient (Wildman–Crippen LogP) is 7.98. The first kappa shape index (κ1) is 43.2. The Morgan fingerprint density at radius 3 is 2.36 bits per heavy atom. The average Bonchev–Trinajstić information content (AvgIpc) is 3.98. The van der Waals surface area contributed by atoms with Gasteiger partial charge in [0.15, 0.2) is 0 Å². The lowest BCUT2D eigenvalue weighted by Gasteiger charge is -2.41. The number of anilines is 2. The lowest BCUT2D eigenvalue weighted by Crippen LogP contribution is -2.50. The van der Waals surface area contributed by atoms with Gasteiger partial charge in [0.1, 0.15) is 23.7 Å². The molecule has 3 aliphatic heterocycles. The van der Waals surface area contributed by atoms with Gasteiger partial charge in [-0.1, -0.05) is 13.0 Å². The number of aromatic nitrogens is 4. The number of hydrogen-bond donors (Lipinski definition) is 3. The lowest BCUT2D eigenvalue weighted by atomic mass is 9.75. The van der Waals surface area contributed by atoms with E-state index in [0.29, 0.717) is 29.8 Å². The van der Waals surface area contributed by atoms with Gasteiger partial charge in [-0.15, -0.1) is 0 Å². The molecule has 1 aliphatic carbocycles. The van der Waals surface area contributed by atoms with E-state index in [4.69, 9.17) is 4.98 Å². The molecule has 1 atom stereocenters. The summed E-state index contributed by atoms with van der Waals surface area (Å²) in [4.78, 5) is 46.6. The second-order valence-electron chi connectivity index (χ2n) is 18.8. The van der Waals surface area contributed by atoms with Crippen LogP contribution in [0.4, 0.5) is 15.9 Å². The van der Waals surface area contributed by atoms with Crippen molar-refractivity contribution in [3.63, 3.8) is 0 Å². The maximum atomic E-state index is 15.4. The monoisotopic (exact) mass is 866 g/mol. The number of hydrogen-bond acceptors (Lipinski definition) is 9. The molecule has 4 fully saturated rings. The molecule has 14 heteroatoms. The van der Waals surface area contributed by atoms with Gasteiger partial charge in [-0.25, -0.2) is 13.9 Å². The van der Waals surface area contributed by atoms with Gasteiger partial charge in [-0.3, -0.25) is 19.7 Å². The number of pyridine rings is 2. The first-order chi connectivity index (χ1) is 31.0. The molecular formula is C50H59FN10O3. The van der Waals surface area contributed by atoms with Crippen molar-refractivity contribution >= 4 is 34.7 Å². The standard InChI is InChI=1S/C50H59FN10O3/c1-4-50(49(64)55-32(2)3)18-23-59(24-19-50)45-13-5-34(28-53-45)42-25-36(31-61-47(42)37(27-52)29-54-61)35-17-22-60(30-35)40-9-7-39(8-10-40)58-20-15-33(16-21-58)41-11-6-38(26-43(41)51)56-44-12-14-46(62)57-48(44)63/h5-6,11,13,17,22,25-26,28-33,39-40,44,56H,4,7-10,12,14-16,18-21,23-24H2,1-3H3,(H,55,64)(H,57,62,63)/t39-,40+,44?. The SMILES string of the molecule is CCC1(C(=O)NC(C)C)CCN(c2ccc(-c3cc(-c4ccn([C@H]5CC[C@@H](N6CCC(c7ccc(NC8CCC(=O)NC8=O)cc7F)CC6)CC5)c4)cn4ncc(C#N)c34)cn2)CC1. The van der Waals surface area contributed by atoms with Crippen LogP contribution in [0.2, 0.25) is 0 Å². The van der Waals surface area contributed by atoms with Crippen LogP contribution in [-0.2, 0) is 14.4 Å². The Morgan fingerprint density at radius 2 is 1.69 bits per heavy atom. The molecule has 13 nitrogen and oxygen atoms in total. The van der Waals surface area contributed by atoms with Crippen LogP contribution in [0.1, 0.15) is 114 Å². The van der Waals surface area contributed by atoms with Crippen LogP contribution in [0.3, 0.4) is 0 Å². The Bertz CT molecular complexity index is 2550. The largest absolute Gasteiger partial charge is 0.374 e. The third kappa shape index (κ3) is 8.74. The minimum absolute atomic E-state index is 0.118. The zero-order valence-electron chi connectivity index (χ0n) is 37.2. The maximum absolute atomic E-state index is 15.4. The highest BCUT2D eigenvalue weighted by Gasteiger charge is 2.40. The summed E-state index contributed by atoms with van der Waals surface area (Å²) in [6.07, 6.45) is 19.2. The Hall–Kier alpha value is -6.07. The summed E-state index contributed by atoms with van der Waals surface area (Å²) in [7, 11) is 0. The Morgan fingerprint density at radius 1 is 0.922 bits per heavy atom. The zero-order valence-corrected chi connectivity index (χ0v) is 37.2. The number of fused-ring (bicyclic) bond motifs is 1. The van der Waals surface area contributed by atoms with E-state index in [1.807, 2.05) is 49.0 Å². The molecule has 9 rings (SSSR count). The van der Waals surface area contributed by atoms with Crippen molar-refractivity contribution in [1.29, 1.82) is 5.26 Å². The van der Waals surface area contributed by atoms with Gasteiger partial charge in [0.05, 0.1) is 22.7 Å². The van der Waals surface area contributed by atoms with E-state index in [9.17, 15) is 19.6 Å². The molecule has 1 saturated carbocycles. The highest BCUT2D eigenvalue weighted by atomic mass is 19.1. The van der Waals surface area contributed by atoms with Gasteiger partial charge >= 0.3 is 0 Å². The van der Waals surface area contributed by atoms with Gasteiger partial charge in [-0.05, 0) is 139 Å². The second-order valence-corrected chi connectivity index (χ2v) is 18.8. The van der Waals surface area contributed by atoms with Gasteiger partial charge < -0.3 is 25.0 Å². The number of carbonyl (C=O) groups is 3. The van der Waals surface area contributed by atoms with Gasteiger partial charge in [0.2, 0.25) is 17.7 Å². The summed E-state index contributed by atoms with van der Waals surface area (Å²) in [6, 6.07) is 16.5. The number of imide groups is 1. The number of nitrogens with one attached hydrogen (secondary N) is 3. The summed E-state index contributed by atoms with van der Waals surface area (Å²) < 4.78 is 19.6. The van der Waals surface area contributed by atoms with E-state index >= 15 is 4.39 Å². The molecule has 1 aromatic carbocycles. The molecule has 4 aliphatic rings. The number of likely N-dealkylation sites (tertiary alicyclic amines) is 1. The maximum Gasteiger partial charge on any atom is 0.249 e. The van der Waals surface area contributed by atoms with Gasteiger partial charge in [0, 0.05) is 90.4 Å². The fourth-order valence-corrected chi connectivity index (χ4v) is 10.7. The number of amides is 3. The highest BCUT2D eigenvalue weighted by molar-refractivity contribution is 6.01. The fourth-order valence-electron chi connectivity index (χ4n) is 10.7. The van der Waals surface area contributed by atoms with Crippen molar-refractivity contribution in [2.75, 3.05) is 36.4 Å². The van der Waals surface area contributed by atoms with E-state index in [-0.39, 0.29) is 47.3 Å². The summed E-state index contributed by atoms with van der Waals surface area (Å²) in [5.74, 6) is 0.317. The first-order valence-electron chi connectivity index (χ1n) is 23.3. The fraction of sp³-hybridized carbons (Fsp3) is 0.480. The van der Waals surface area contributed by atoms with Crippen molar-refractivity contribution in [2.24, 2.45) is 5.41 Å². The predicted molar refractivity (Wildman–Crippen MR) is 245 cm³/mol. The molecule has 334 valence electrons. The Balaban J connectivity index is 0.816. The number of benzene rings is 1. The van der Waals surface area contributed by atoms with Crippen molar-refractivity contribution in [2.45, 2.75) is 121 Å². The van der Waals surface area contributed by atoms with Gasteiger partial charge in [-0.2, -0.15) is 10.4 Å². The number of piperidine rings is 3. The third-order valence-corrected chi connectivity index (χ3v) is 14.6. The van der Waals surface area contributed by atoms with E-state index < -0.39 is 6.04 Å². The average molecular weight is 867 g/mol. The molecule has 7 heterocycles. The summed E-state index contributed by atoms with van der Waals surface area (Å²) >= 11 is 0. The smallest absolute Gasteiger partial charge is 0.249 e. The number of nitriles is 1. The topological polar surface area (TPSA) is 153 Å². The van der Waals surface area contributed by atoms with E-state index in [0.717, 1.165) is 123 Å². The van der Waals surface area contributed by atoms with Crippen LogP contribution >= 0.6 is 0 Å². The summed E-state index contributed by atoms with van der Waals surface area (Å²) in [5, 5.41) is 23.2. The van der Waals surface area contributed by atoms with Crippen LogP contribution < -0.4 is 20.9 Å². The van der Waals surface area contributed by atoms with Crippen LogP contribution in [0.15, 0.2) is 73.4 Å². The quantitative estimate of drug-likeness (QED) is 0.112. The number of nitrogens with zero attached hydrogens (tertiary/aromatic N) is 7.